The average Bonchev–Trinajstić information content (AvgIpc) is 2.83. The molecule has 0 aromatic carbocycles. The summed E-state index contributed by atoms with van der Waals surface area (Å²) in [4.78, 5) is 0. The van der Waals surface area contributed by atoms with Crippen molar-refractivity contribution in [1.29, 1.82) is 0 Å². The van der Waals surface area contributed by atoms with Crippen molar-refractivity contribution in [2.24, 2.45) is 5.92 Å². The van der Waals surface area contributed by atoms with Crippen LogP contribution in [0.1, 0.15) is 18.7 Å². The fourth-order valence-corrected chi connectivity index (χ4v) is 2.63. The molecule has 0 bridgehead atoms. The van der Waals surface area contributed by atoms with E-state index in [4.69, 9.17) is 0 Å². The molecule has 3 rings (SSSR count). The molecule has 1 saturated heterocycles. The predicted molar refractivity (Wildman–Crippen MR) is 65.5 cm³/mol. The Morgan fingerprint density at radius 3 is 3.00 bits per heavy atom. The number of pyridine rings is 1. The normalized spacial score (nSPS) is 25.4. The van der Waals surface area contributed by atoms with Crippen molar-refractivity contribution in [2.75, 3.05) is 13.1 Å². The fraction of sp³-hybridized carbons (Fsp3) is 0.455. The zero-order chi connectivity index (χ0) is 11.1. The molecule has 2 atom stereocenters. The molecule has 2 aromatic rings. The molecule has 0 saturated carbocycles. The van der Waals surface area contributed by atoms with Crippen molar-refractivity contribution < 1.29 is 0 Å². The van der Waals surface area contributed by atoms with Crippen molar-refractivity contribution in [3.63, 3.8) is 0 Å². The van der Waals surface area contributed by atoms with E-state index in [-0.39, 0.29) is 0 Å². The number of hydrogen-bond acceptors (Lipinski definition) is 3. The van der Waals surface area contributed by atoms with E-state index in [1.165, 1.54) is 0 Å². The number of rotatable bonds is 1. The van der Waals surface area contributed by atoms with Crippen LogP contribution in [-0.4, -0.2) is 27.7 Å². The third kappa shape index (κ3) is 1.55. The summed E-state index contributed by atoms with van der Waals surface area (Å²) < 4.78 is 3.14. The van der Waals surface area contributed by atoms with Gasteiger partial charge in [-0.05, 0) is 40.5 Å². The lowest BCUT2D eigenvalue weighted by Gasteiger charge is -2.11. The van der Waals surface area contributed by atoms with Crippen LogP contribution in [0.2, 0.25) is 0 Å². The van der Waals surface area contributed by atoms with E-state index in [9.17, 15) is 0 Å². The van der Waals surface area contributed by atoms with E-state index in [2.05, 4.69) is 42.8 Å². The second-order valence-corrected chi connectivity index (χ2v) is 5.29. The Bertz CT molecular complexity index is 522. The first-order chi connectivity index (χ1) is 7.75. The van der Waals surface area contributed by atoms with Gasteiger partial charge in [0.15, 0.2) is 5.65 Å². The van der Waals surface area contributed by atoms with Crippen molar-refractivity contribution in [2.45, 2.75) is 12.8 Å². The van der Waals surface area contributed by atoms with Crippen LogP contribution in [0.5, 0.6) is 0 Å². The van der Waals surface area contributed by atoms with Crippen LogP contribution in [0.4, 0.5) is 0 Å². The first-order valence-electron chi connectivity index (χ1n) is 5.46. The second-order valence-electron chi connectivity index (χ2n) is 4.38. The molecule has 0 radical (unpaired) electrons. The average molecular weight is 281 g/mol. The minimum atomic E-state index is 0.462. The highest BCUT2D eigenvalue weighted by Crippen LogP contribution is 2.27. The summed E-state index contributed by atoms with van der Waals surface area (Å²) in [6, 6.07) is 3.97. The van der Waals surface area contributed by atoms with Crippen molar-refractivity contribution in [3.05, 3.63) is 28.6 Å². The summed E-state index contributed by atoms with van der Waals surface area (Å²) in [7, 11) is 0. The minimum absolute atomic E-state index is 0.462. The van der Waals surface area contributed by atoms with Gasteiger partial charge in [-0.25, -0.2) is 0 Å². The van der Waals surface area contributed by atoms with Crippen LogP contribution in [0.3, 0.4) is 0 Å². The number of aromatic nitrogens is 3. The van der Waals surface area contributed by atoms with Gasteiger partial charge in [-0.1, -0.05) is 6.92 Å². The number of nitrogens with zero attached hydrogens (tertiary/aromatic N) is 3. The number of fused-ring (bicyclic) bond motifs is 1. The highest BCUT2D eigenvalue weighted by molar-refractivity contribution is 9.10. The molecule has 3 heterocycles. The lowest BCUT2D eigenvalue weighted by Crippen LogP contribution is -2.11. The molecular formula is C11H13BrN4. The van der Waals surface area contributed by atoms with E-state index in [0.717, 1.165) is 29.0 Å². The molecule has 16 heavy (non-hydrogen) atoms. The monoisotopic (exact) mass is 280 g/mol. The third-order valence-electron chi connectivity index (χ3n) is 3.24. The van der Waals surface area contributed by atoms with Gasteiger partial charge in [-0.3, -0.25) is 4.40 Å². The smallest absolute Gasteiger partial charge is 0.160 e. The quantitative estimate of drug-likeness (QED) is 0.867. The maximum Gasteiger partial charge on any atom is 0.160 e. The zero-order valence-electron chi connectivity index (χ0n) is 9.02. The molecule has 1 N–H and O–H groups in total. The number of hydrogen-bond donors (Lipinski definition) is 1. The molecule has 4 nitrogen and oxygen atoms in total. The summed E-state index contributed by atoms with van der Waals surface area (Å²) >= 11 is 3.48. The van der Waals surface area contributed by atoms with Crippen LogP contribution in [-0.2, 0) is 0 Å². The molecule has 1 fully saturated rings. The molecular weight excluding hydrogens is 268 g/mol. The van der Waals surface area contributed by atoms with Crippen LogP contribution < -0.4 is 5.32 Å². The molecule has 2 aromatic heterocycles. The van der Waals surface area contributed by atoms with Crippen molar-refractivity contribution >= 4 is 21.6 Å². The molecule has 84 valence electrons. The van der Waals surface area contributed by atoms with E-state index < -0.39 is 0 Å². The SMILES string of the molecule is CC1CNCC1c1nnc2ccc(Br)cn12. The largest absolute Gasteiger partial charge is 0.316 e. The molecule has 0 aliphatic carbocycles. The zero-order valence-corrected chi connectivity index (χ0v) is 10.6. The van der Waals surface area contributed by atoms with Gasteiger partial charge in [0.2, 0.25) is 0 Å². The summed E-state index contributed by atoms with van der Waals surface area (Å²) in [5.74, 6) is 2.14. The highest BCUT2D eigenvalue weighted by Gasteiger charge is 2.28. The predicted octanol–water partition coefficient (Wildman–Crippen LogP) is 1.81. The molecule has 1 aliphatic heterocycles. The second kappa shape index (κ2) is 3.82. The molecule has 2 unspecified atom stereocenters. The Labute approximate surface area is 102 Å². The van der Waals surface area contributed by atoms with E-state index >= 15 is 0 Å². The van der Waals surface area contributed by atoms with Gasteiger partial charge in [0, 0.05) is 23.1 Å². The summed E-state index contributed by atoms with van der Waals surface area (Å²) in [5.41, 5.74) is 0.914. The number of halogens is 1. The Morgan fingerprint density at radius 1 is 1.38 bits per heavy atom. The minimum Gasteiger partial charge on any atom is -0.316 e. The summed E-state index contributed by atoms with van der Waals surface area (Å²) in [6.07, 6.45) is 2.04. The lowest BCUT2D eigenvalue weighted by molar-refractivity contribution is 0.541. The van der Waals surface area contributed by atoms with E-state index in [1.807, 2.05) is 18.3 Å². The van der Waals surface area contributed by atoms with Gasteiger partial charge in [0.25, 0.3) is 0 Å². The number of nitrogens with one attached hydrogen (secondary N) is 1. The van der Waals surface area contributed by atoms with E-state index in [1.54, 1.807) is 0 Å². The Morgan fingerprint density at radius 2 is 2.25 bits per heavy atom. The van der Waals surface area contributed by atoms with Gasteiger partial charge in [0.1, 0.15) is 5.82 Å². The first-order valence-corrected chi connectivity index (χ1v) is 6.26. The van der Waals surface area contributed by atoms with Gasteiger partial charge < -0.3 is 5.32 Å². The molecule has 0 spiro atoms. The van der Waals surface area contributed by atoms with E-state index in [0.29, 0.717) is 11.8 Å². The van der Waals surface area contributed by atoms with Gasteiger partial charge >= 0.3 is 0 Å². The standard InChI is InChI=1S/C11H13BrN4/c1-7-4-13-5-9(7)11-15-14-10-3-2-8(12)6-16(10)11/h2-3,6-7,9,13H,4-5H2,1H3. The Hall–Kier alpha value is -0.940. The Kier molecular flexibility index (Phi) is 2.44. The first kappa shape index (κ1) is 10.2. The lowest BCUT2D eigenvalue weighted by atomic mass is 9.97. The maximum absolute atomic E-state index is 4.32. The van der Waals surface area contributed by atoms with Crippen molar-refractivity contribution in [3.8, 4) is 0 Å². The van der Waals surface area contributed by atoms with Gasteiger partial charge in [-0.15, -0.1) is 10.2 Å². The van der Waals surface area contributed by atoms with Gasteiger partial charge in [0.05, 0.1) is 0 Å². The van der Waals surface area contributed by atoms with Crippen LogP contribution in [0.25, 0.3) is 5.65 Å². The highest BCUT2D eigenvalue weighted by atomic mass is 79.9. The molecule has 5 heteroatoms. The van der Waals surface area contributed by atoms with Crippen molar-refractivity contribution in [1.82, 2.24) is 19.9 Å². The molecule has 1 aliphatic rings. The Balaban J connectivity index is 2.12. The van der Waals surface area contributed by atoms with Gasteiger partial charge in [-0.2, -0.15) is 0 Å². The van der Waals surface area contributed by atoms with Crippen LogP contribution in [0, 0.1) is 5.92 Å². The molecule has 0 amide bonds. The summed E-state index contributed by atoms with van der Waals surface area (Å²) in [6.45, 7) is 4.31. The van der Waals surface area contributed by atoms with Crippen LogP contribution >= 0.6 is 15.9 Å². The third-order valence-corrected chi connectivity index (χ3v) is 3.71. The van der Waals surface area contributed by atoms with Crippen LogP contribution in [0.15, 0.2) is 22.8 Å². The summed E-state index contributed by atoms with van der Waals surface area (Å²) in [5, 5.41) is 11.9. The fourth-order valence-electron chi connectivity index (χ4n) is 2.29. The maximum atomic E-state index is 4.32. The topological polar surface area (TPSA) is 42.2 Å².